The van der Waals surface area contributed by atoms with Gasteiger partial charge in [-0.1, -0.05) is 30.3 Å². The Bertz CT molecular complexity index is 777. The molecule has 0 aromatic heterocycles. The maximum atomic E-state index is 11.9. The first kappa shape index (κ1) is 17.9. The molecule has 7 nitrogen and oxygen atoms in total. The van der Waals surface area contributed by atoms with Crippen LogP contribution in [0.2, 0.25) is 0 Å². The molecule has 4 N–H and O–H groups in total. The largest absolute Gasteiger partial charge is 0.375 e. The van der Waals surface area contributed by atoms with Crippen molar-refractivity contribution in [3.8, 4) is 0 Å². The minimum Gasteiger partial charge on any atom is -0.375 e. The van der Waals surface area contributed by atoms with Gasteiger partial charge in [0.2, 0.25) is 10.0 Å². The summed E-state index contributed by atoms with van der Waals surface area (Å²) in [6.45, 7) is 0.293. The summed E-state index contributed by atoms with van der Waals surface area (Å²) in [4.78, 5) is 11.9. The molecule has 2 aromatic carbocycles. The molecule has 0 bridgehead atoms. The first-order valence-corrected chi connectivity index (χ1v) is 8.70. The highest BCUT2D eigenvalue weighted by molar-refractivity contribution is 7.89. The minimum absolute atomic E-state index is 0.0167. The van der Waals surface area contributed by atoms with E-state index in [1.807, 2.05) is 30.3 Å². The van der Waals surface area contributed by atoms with Crippen LogP contribution in [0, 0.1) is 0 Å². The van der Waals surface area contributed by atoms with E-state index >= 15 is 0 Å². The number of carbonyl (C=O) groups excluding carboxylic acids is 1. The molecule has 0 radical (unpaired) electrons. The Morgan fingerprint density at radius 3 is 2.29 bits per heavy atom. The van der Waals surface area contributed by atoms with E-state index in [4.69, 9.17) is 9.88 Å². The topological polar surface area (TPSA) is 111 Å². The van der Waals surface area contributed by atoms with E-state index in [0.29, 0.717) is 12.2 Å². The number of anilines is 1. The highest BCUT2D eigenvalue weighted by Gasteiger charge is 2.12. The van der Waals surface area contributed by atoms with Gasteiger partial charge in [-0.2, -0.15) is 0 Å². The van der Waals surface area contributed by atoms with E-state index in [1.54, 1.807) is 7.11 Å². The first-order chi connectivity index (χ1) is 11.4. The smallest absolute Gasteiger partial charge is 0.319 e. The van der Waals surface area contributed by atoms with Crippen LogP contribution < -0.4 is 15.8 Å². The fourth-order valence-corrected chi connectivity index (χ4v) is 2.61. The van der Waals surface area contributed by atoms with Crippen molar-refractivity contribution in [2.24, 2.45) is 5.14 Å². The zero-order valence-corrected chi connectivity index (χ0v) is 13.9. The van der Waals surface area contributed by atoms with E-state index < -0.39 is 16.1 Å². The van der Waals surface area contributed by atoms with Crippen molar-refractivity contribution < 1.29 is 17.9 Å². The van der Waals surface area contributed by atoms with Gasteiger partial charge in [0.25, 0.3) is 0 Å². The summed E-state index contributed by atoms with van der Waals surface area (Å²) >= 11 is 0. The number of sulfonamides is 1. The predicted octanol–water partition coefficient (Wildman–Crippen LogP) is 1.84. The summed E-state index contributed by atoms with van der Waals surface area (Å²) < 4.78 is 27.7. The number of primary sulfonamides is 1. The molecule has 0 saturated heterocycles. The summed E-state index contributed by atoms with van der Waals surface area (Å²) in [6.07, 6.45) is -0.262. The average Bonchev–Trinajstić information content (AvgIpc) is 2.56. The van der Waals surface area contributed by atoms with Gasteiger partial charge in [0.15, 0.2) is 0 Å². The Kier molecular flexibility index (Phi) is 5.91. The SMILES string of the molecule is CO[C@H](CNC(=O)Nc1ccc(S(N)(=O)=O)cc1)c1ccccc1. The zero-order valence-electron chi connectivity index (χ0n) is 13.1. The van der Waals surface area contributed by atoms with E-state index in [2.05, 4.69) is 10.6 Å². The minimum atomic E-state index is -3.75. The molecule has 1 atom stereocenters. The molecule has 2 amide bonds. The molecule has 2 aromatic rings. The third-order valence-electron chi connectivity index (χ3n) is 3.34. The van der Waals surface area contributed by atoms with Crippen molar-refractivity contribution in [3.05, 3.63) is 60.2 Å². The van der Waals surface area contributed by atoms with Gasteiger partial charge in [-0.15, -0.1) is 0 Å². The molecular weight excluding hydrogens is 330 g/mol. The number of nitrogens with two attached hydrogens (primary N) is 1. The zero-order chi connectivity index (χ0) is 17.6. The lowest BCUT2D eigenvalue weighted by molar-refractivity contribution is 0.104. The molecule has 0 heterocycles. The molecule has 0 aliphatic rings. The molecular formula is C16H19N3O4S. The van der Waals surface area contributed by atoms with Gasteiger partial charge in [-0.05, 0) is 29.8 Å². The first-order valence-electron chi connectivity index (χ1n) is 7.15. The molecule has 0 unspecified atom stereocenters. The van der Waals surface area contributed by atoms with Gasteiger partial charge in [0, 0.05) is 19.3 Å². The van der Waals surface area contributed by atoms with E-state index in [9.17, 15) is 13.2 Å². The molecule has 0 aliphatic carbocycles. The van der Waals surface area contributed by atoms with Crippen LogP contribution in [0.4, 0.5) is 10.5 Å². The predicted molar refractivity (Wildman–Crippen MR) is 91.0 cm³/mol. The summed E-state index contributed by atoms with van der Waals surface area (Å²) in [5.41, 5.74) is 1.41. The van der Waals surface area contributed by atoms with Gasteiger partial charge < -0.3 is 15.4 Å². The van der Waals surface area contributed by atoms with E-state index in [0.717, 1.165) is 5.56 Å². The van der Waals surface area contributed by atoms with Crippen LogP contribution in [-0.4, -0.2) is 28.1 Å². The van der Waals surface area contributed by atoms with Crippen molar-refractivity contribution in [1.82, 2.24) is 5.32 Å². The molecule has 0 spiro atoms. The molecule has 2 rings (SSSR count). The molecule has 0 saturated carbocycles. The van der Waals surface area contributed by atoms with Gasteiger partial charge in [-0.3, -0.25) is 0 Å². The third-order valence-corrected chi connectivity index (χ3v) is 4.27. The molecule has 128 valence electrons. The Morgan fingerprint density at radius 1 is 1.12 bits per heavy atom. The van der Waals surface area contributed by atoms with Gasteiger partial charge in [0.1, 0.15) is 0 Å². The maximum Gasteiger partial charge on any atom is 0.319 e. The van der Waals surface area contributed by atoms with Gasteiger partial charge in [0.05, 0.1) is 11.0 Å². The molecule has 0 aliphatic heterocycles. The Morgan fingerprint density at radius 2 is 1.75 bits per heavy atom. The Hall–Kier alpha value is -2.42. The van der Waals surface area contributed by atoms with Crippen LogP contribution in [-0.2, 0) is 14.8 Å². The van der Waals surface area contributed by atoms with Crippen molar-refractivity contribution in [3.63, 3.8) is 0 Å². The van der Waals surface area contributed by atoms with Crippen LogP contribution in [0.1, 0.15) is 11.7 Å². The Balaban J connectivity index is 1.91. The van der Waals surface area contributed by atoms with Crippen LogP contribution >= 0.6 is 0 Å². The standard InChI is InChI=1S/C16H19N3O4S/c1-23-15(12-5-3-2-4-6-12)11-18-16(20)19-13-7-9-14(10-8-13)24(17,21)22/h2-10,15H,11H2,1H3,(H2,17,21,22)(H2,18,19,20)/t15-/m1/s1. The number of rotatable bonds is 6. The highest BCUT2D eigenvalue weighted by Crippen LogP contribution is 2.15. The summed E-state index contributed by atoms with van der Waals surface area (Å²) in [5.74, 6) is 0. The lowest BCUT2D eigenvalue weighted by atomic mass is 10.1. The number of amides is 2. The number of methoxy groups -OCH3 is 1. The number of urea groups is 1. The number of ether oxygens (including phenoxy) is 1. The van der Waals surface area contributed by atoms with Crippen molar-refractivity contribution in [2.45, 2.75) is 11.0 Å². The summed E-state index contributed by atoms with van der Waals surface area (Å²) in [7, 11) is -2.18. The third kappa shape index (κ3) is 5.05. The number of carbonyl (C=O) groups is 1. The van der Waals surface area contributed by atoms with Crippen molar-refractivity contribution in [2.75, 3.05) is 19.0 Å². The number of hydrogen-bond donors (Lipinski definition) is 3. The fraction of sp³-hybridized carbons (Fsp3) is 0.188. The Labute approximate surface area is 140 Å². The van der Waals surface area contributed by atoms with Gasteiger partial charge in [-0.25, -0.2) is 18.4 Å². The van der Waals surface area contributed by atoms with Gasteiger partial charge >= 0.3 is 6.03 Å². The average molecular weight is 349 g/mol. The fourth-order valence-electron chi connectivity index (χ4n) is 2.09. The molecule has 24 heavy (non-hydrogen) atoms. The second-order valence-electron chi connectivity index (χ2n) is 5.04. The lowest BCUT2D eigenvalue weighted by Crippen LogP contribution is -2.32. The normalized spacial score (nSPS) is 12.4. The van der Waals surface area contributed by atoms with Crippen molar-refractivity contribution in [1.29, 1.82) is 0 Å². The second kappa shape index (κ2) is 7.91. The van der Waals surface area contributed by atoms with Crippen LogP contribution in [0.3, 0.4) is 0 Å². The molecule has 8 heteroatoms. The number of benzene rings is 2. The summed E-state index contributed by atoms with van der Waals surface area (Å²) in [6, 6.07) is 14.7. The van der Waals surface area contributed by atoms with E-state index in [1.165, 1.54) is 24.3 Å². The second-order valence-corrected chi connectivity index (χ2v) is 6.60. The maximum absolute atomic E-state index is 11.9. The van der Waals surface area contributed by atoms with E-state index in [-0.39, 0.29) is 11.0 Å². The number of hydrogen-bond acceptors (Lipinski definition) is 4. The highest BCUT2D eigenvalue weighted by atomic mass is 32.2. The number of nitrogens with one attached hydrogen (secondary N) is 2. The van der Waals surface area contributed by atoms with Crippen LogP contribution in [0.25, 0.3) is 0 Å². The summed E-state index contributed by atoms with van der Waals surface area (Å²) in [5, 5.41) is 10.3. The van der Waals surface area contributed by atoms with Crippen molar-refractivity contribution >= 4 is 21.7 Å². The molecule has 0 fully saturated rings. The van der Waals surface area contributed by atoms with Crippen LogP contribution in [0.15, 0.2) is 59.5 Å². The lowest BCUT2D eigenvalue weighted by Gasteiger charge is -2.16. The quantitative estimate of drug-likeness (QED) is 0.739. The monoisotopic (exact) mass is 349 g/mol. The van der Waals surface area contributed by atoms with Crippen LogP contribution in [0.5, 0.6) is 0 Å².